The monoisotopic (exact) mass is 399 g/mol. The normalized spacial score (nSPS) is 10.5. The highest BCUT2D eigenvalue weighted by Crippen LogP contribution is 2.24. The molecule has 146 valence electrons. The zero-order valence-corrected chi connectivity index (χ0v) is 16.7. The summed E-state index contributed by atoms with van der Waals surface area (Å²) in [7, 11) is 4.93. The minimum atomic E-state index is -0.384. The van der Waals surface area contributed by atoms with Crippen molar-refractivity contribution < 1.29 is 19.0 Å². The van der Waals surface area contributed by atoms with Crippen molar-refractivity contribution in [1.82, 2.24) is 14.8 Å². The van der Waals surface area contributed by atoms with E-state index in [0.29, 0.717) is 23.7 Å². The van der Waals surface area contributed by atoms with Gasteiger partial charge in [0.15, 0.2) is 11.0 Å². The van der Waals surface area contributed by atoms with Gasteiger partial charge in [0.25, 0.3) is 0 Å². The van der Waals surface area contributed by atoms with E-state index < -0.39 is 0 Å². The van der Waals surface area contributed by atoms with Crippen LogP contribution < -0.4 is 9.47 Å². The fourth-order valence-corrected chi connectivity index (χ4v) is 3.28. The molecule has 0 aliphatic rings. The molecule has 2 aromatic carbocycles. The molecule has 0 spiro atoms. The van der Waals surface area contributed by atoms with Crippen molar-refractivity contribution in [3.8, 4) is 22.9 Å². The highest BCUT2D eigenvalue weighted by Gasteiger charge is 2.11. The number of hydrogen-bond donors (Lipinski definition) is 0. The number of aromatic nitrogens is 3. The molecule has 0 aliphatic carbocycles. The Hall–Kier alpha value is -3.00. The lowest BCUT2D eigenvalue weighted by Gasteiger charge is -2.08. The van der Waals surface area contributed by atoms with Crippen LogP contribution in [-0.2, 0) is 11.8 Å². The second-order valence-electron chi connectivity index (χ2n) is 5.81. The summed E-state index contributed by atoms with van der Waals surface area (Å²) in [5.41, 5.74) is 1.43. The number of rotatable bonds is 8. The lowest BCUT2D eigenvalue weighted by Crippen LogP contribution is -2.04. The largest absolute Gasteiger partial charge is 0.497 e. The molecule has 0 bridgehead atoms. The summed E-state index contributed by atoms with van der Waals surface area (Å²) < 4.78 is 17.6. The lowest BCUT2D eigenvalue weighted by atomic mass is 10.2. The van der Waals surface area contributed by atoms with Crippen molar-refractivity contribution in [2.45, 2.75) is 5.16 Å². The maximum Gasteiger partial charge on any atom is 0.337 e. The van der Waals surface area contributed by atoms with E-state index in [1.807, 2.05) is 35.9 Å². The van der Waals surface area contributed by atoms with E-state index in [2.05, 4.69) is 10.2 Å². The molecule has 0 saturated carbocycles. The smallest absolute Gasteiger partial charge is 0.337 e. The van der Waals surface area contributed by atoms with Gasteiger partial charge in [0.1, 0.15) is 11.5 Å². The van der Waals surface area contributed by atoms with Crippen LogP contribution in [0.3, 0.4) is 0 Å². The van der Waals surface area contributed by atoms with Gasteiger partial charge in [0.2, 0.25) is 0 Å². The Bertz CT molecular complexity index is 941. The molecule has 7 nitrogen and oxygen atoms in total. The third-order valence-corrected chi connectivity index (χ3v) is 5.01. The first kappa shape index (κ1) is 19.8. The molecule has 1 heterocycles. The van der Waals surface area contributed by atoms with Gasteiger partial charge in [0, 0.05) is 18.4 Å². The fraction of sp³-hybridized carbons (Fsp3) is 0.250. The van der Waals surface area contributed by atoms with Gasteiger partial charge in [-0.15, -0.1) is 10.2 Å². The summed E-state index contributed by atoms with van der Waals surface area (Å²) in [5, 5.41) is 9.34. The maximum absolute atomic E-state index is 11.6. The van der Waals surface area contributed by atoms with E-state index in [4.69, 9.17) is 14.2 Å². The number of esters is 1. The summed E-state index contributed by atoms with van der Waals surface area (Å²) in [6.07, 6.45) is 0. The van der Waals surface area contributed by atoms with Crippen LogP contribution in [0.4, 0.5) is 0 Å². The van der Waals surface area contributed by atoms with Gasteiger partial charge < -0.3 is 18.8 Å². The molecule has 0 amide bonds. The number of thioether (sulfide) groups is 1. The summed E-state index contributed by atoms with van der Waals surface area (Å²) in [6.45, 7) is 0.472. The molecule has 1 aromatic heterocycles. The molecule has 3 aromatic rings. The second-order valence-corrected chi connectivity index (χ2v) is 6.87. The fourth-order valence-electron chi connectivity index (χ4n) is 2.56. The first-order chi connectivity index (χ1) is 13.6. The summed E-state index contributed by atoms with van der Waals surface area (Å²) >= 11 is 1.55. The van der Waals surface area contributed by atoms with Crippen LogP contribution in [-0.4, -0.2) is 47.3 Å². The van der Waals surface area contributed by atoms with Gasteiger partial charge in [0.05, 0.1) is 26.4 Å². The topological polar surface area (TPSA) is 75.5 Å². The second kappa shape index (κ2) is 9.27. The molecule has 0 N–H and O–H groups in total. The number of methoxy groups -OCH3 is 2. The van der Waals surface area contributed by atoms with Gasteiger partial charge >= 0.3 is 5.97 Å². The molecule has 0 radical (unpaired) electrons. The van der Waals surface area contributed by atoms with Crippen molar-refractivity contribution in [3.05, 3.63) is 54.1 Å². The van der Waals surface area contributed by atoms with Crippen LogP contribution in [0, 0.1) is 0 Å². The minimum Gasteiger partial charge on any atom is -0.497 e. The standard InChI is InChI=1S/C20H21N3O4S/c1-23-18(14-7-9-16(25-2)10-8-14)21-22-20(23)28-12-11-27-17-6-4-5-15(13-17)19(24)26-3/h4-10,13H,11-12H2,1-3H3. The molecule has 8 heteroatoms. The predicted molar refractivity (Wildman–Crippen MR) is 107 cm³/mol. The molecular formula is C20H21N3O4S. The third kappa shape index (κ3) is 4.64. The van der Waals surface area contributed by atoms with Crippen molar-refractivity contribution in [1.29, 1.82) is 0 Å². The Morgan fingerprint density at radius 1 is 1.07 bits per heavy atom. The van der Waals surface area contributed by atoms with Crippen LogP contribution in [0.5, 0.6) is 11.5 Å². The Morgan fingerprint density at radius 3 is 2.57 bits per heavy atom. The van der Waals surface area contributed by atoms with Crippen molar-refractivity contribution >= 4 is 17.7 Å². The number of nitrogens with zero attached hydrogens (tertiary/aromatic N) is 3. The number of carbonyl (C=O) groups is 1. The predicted octanol–water partition coefficient (Wildman–Crippen LogP) is 3.45. The first-order valence-electron chi connectivity index (χ1n) is 8.60. The van der Waals surface area contributed by atoms with E-state index >= 15 is 0 Å². The maximum atomic E-state index is 11.6. The first-order valence-corrected chi connectivity index (χ1v) is 9.58. The Labute approximate surface area is 167 Å². The summed E-state index contributed by atoms with van der Waals surface area (Å²) in [6, 6.07) is 14.6. The van der Waals surface area contributed by atoms with Crippen molar-refractivity contribution in [2.24, 2.45) is 7.05 Å². The SMILES string of the molecule is COC(=O)c1cccc(OCCSc2nnc(-c3ccc(OC)cc3)n2C)c1. The average Bonchev–Trinajstić information content (AvgIpc) is 3.11. The van der Waals surface area contributed by atoms with Gasteiger partial charge in [-0.3, -0.25) is 0 Å². The summed E-state index contributed by atoms with van der Waals surface area (Å²) in [5.74, 6) is 2.52. The zero-order valence-electron chi connectivity index (χ0n) is 15.9. The van der Waals surface area contributed by atoms with Crippen LogP contribution in [0.2, 0.25) is 0 Å². The van der Waals surface area contributed by atoms with E-state index in [-0.39, 0.29) is 5.97 Å². The molecule has 0 fully saturated rings. The van der Waals surface area contributed by atoms with E-state index in [0.717, 1.165) is 22.3 Å². The minimum absolute atomic E-state index is 0.384. The lowest BCUT2D eigenvalue weighted by molar-refractivity contribution is 0.0600. The van der Waals surface area contributed by atoms with E-state index in [1.165, 1.54) is 7.11 Å². The Kier molecular flexibility index (Phi) is 6.54. The molecule has 0 atom stereocenters. The average molecular weight is 399 g/mol. The van der Waals surface area contributed by atoms with E-state index in [9.17, 15) is 4.79 Å². The van der Waals surface area contributed by atoms with E-state index in [1.54, 1.807) is 43.1 Å². The molecule has 0 aliphatic heterocycles. The zero-order chi connectivity index (χ0) is 19.9. The number of ether oxygens (including phenoxy) is 3. The van der Waals surface area contributed by atoms with Gasteiger partial charge in [-0.1, -0.05) is 17.8 Å². The number of hydrogen-bond acceptors (Lipinski definition) is 7. The quantitative estimate of drug-likeness (QED) is 0.326. The van der Waals surface area contributed by atoms with Gasteiger partial charge in [-0.05, 0) is 42.5 Å². The van der Waals surface area contributed by atoms with Gasteiger partial charge in [-0.25, -0.2) is 4.79 Å². The summed E-state index contributed by atoms with van der Waals surface area (Å²) in [4.78, 5) is 11.6. The molecule has 28 heavy (non-hydrogen) atoms. The molecular weight excluding hydrogens is 378 g/mol. The van der Waals surface area contributed by atoms with Crippen LogP contribution in [0.1, 0.15) is 10.4 Å². The molecule has 0 unspecified atom stereocenters. The highest BCUT2D eigenvalue weighted by molar-refractivity contribution is 7.99. The molecule has 3 rings (SSSR count). The van der Waals surface area contributed by atoms with Crippen LogP contribution >= 0.6 is 11.8 Å². The Balaban J connectivity index is 1.56. The molecule has 0 saturated heterocycles. The Morgan fingerprint density at radius 2 is 1.86 bits per heavy atom. The van der Waals surface area contributed by atoms with Crippen molar-refractivity contribution in [2.75, 3.05) is 26.6 Å². The number of carbonyl (C=O) groups excluding carboxylic acids is 1. The third-order valence-electron chi connectivity index (χ3n) is 4.02. The van der Waals surface area contributed by atoms with Gasteiger partial charge in [-0.2, -0.15) is 0 Å². The van der Waals surface area contributed by atoms with Crippen LogP contribution in [0.25, 0.3) is 11.4 Å². The van der Waals surface area contributed by atoms with Crippen molar-refractivity contribution in [3.63, 3.8) is 0 Å². The highest BCUT2D eigenvalue weighted by atomic mass is 32.2. The van der Waals surface area contributed by atoms with Crippen LogP contribution in [0.15, 0.2) is 53.7 Å². The number of benzene rings is 2.